The smallest absolute Gasteiger partial charge is 0.0710 e. The normalized spacial score (nSPS) is 12.7. The maximum absolute atomic E-state index is 2.36. The SMILES string of the molecule is Cc1c2c3ccccc3n(C)c2c(C(C)(C)C)n1C. The van der Waals surface area contributed by atoms with Gasteiger partial charge >= 0.3 is 0 Å². The van der Waals surface area contributed by atoms with Crippen molar-refractivity contribution in [3.05, 3.63) is 35.7 Å². The van der Waals surface area contributed by atoms with Crippen molar-refractivity contribution in [1.82, 2.24) is 9.13 Å². The van der Waals surface area contributed by atoms with E-state index in [4.69, 9.17) is 0 Å². The Morgan fingerprint density at radius 2 is 1.58 bits per heavy atom. The molecule has 0 aliphatic rings. The monoisotopic (exact) mass is 254 g/mol. The van der Waals surface area contributed by atoms with Crippen LogP contribution in [0.1, 0.15) is 32.2 Å². The van der Waals surface area contributed by atoms with Gasteiger partial charge in [-0.25, -0.2) is 0 Å². The van der Waals surface area contributed by atoms with Gasteiger partial charge in [-0.05, 0) is 13.0 Å². The van der Waals surface area contributed by atoms with Gasteiger partial charge < -0.3 is 9.13 Å². The lowest BCUT2D eigenvalue weighted by Gasteiger charge is -2.21. The number of nitrogens with zero attached hydrogens (tertiary/aromatic N) is 2. The number of benzene rings is 1. The average Bonchev–Trinajstić information content (AvgIpc) is 2.76. The summed E-state index contributed by atoms with van der Waals surface area (Å²) in [5, 5.41) is 2.77. The Morgan fingerprint density at radius 3 is 2.21 bits per heavy atom. The number of hydrogen-bond donors (Lipinski definition) is 0. The second-order valence-electron chi connectivity index (χ2n) is 6.54. The minimum Gasteiger partial charge on any atom is -0.349 e. The van der Waals surface area contributed by atoms with Crippen molar-refractivity contribution < 1.29 is 0 Å². The van der Waals surface area contributed by atoms with Crippen molar-refractivity contribution in [3.8, 4) is 0 Å². The van der Waals surface area contributed by atoms with E-state index < -0.39 is 0 Å². The molecule has 0 N–H and O–H groups in total. The third-order valence-corrected chi connectivity index (χ3v) is 4.24. The fraction of sp³-hybridized carbons (Fsp3) is 0.412. The molecule has 0 spiro atoms. The van der Waals surface area contributed by atoms with Crippen molar-refractivity contribution in [2.75, 3.05) is 0 Å². The molecule has 2 heterocycles. The first-order valence-corrected chi connectivity index (χ1v) is 6.87. The molecule has 0 atom stereocenters. The summed E-state index contributed by atoms with van der Waals surface area (Å²) < 4.78 is 4.70. The van der Waals surface area contributed by atoms with Gasteiger partial charge in [0.2, 0.25) is 0 Å². The first-order valence-electron chi connectivity index (χ1n) is 6.87. The van der Waals surface area contributed by atoms with E-state index in [1.807, 2.05) is 0 Å². The maximum Gasteiger partial charge on any atom is 0.0710 e. The number of rotatable bonds is 0. The highest BCUT2D eigenvalue weighted by Gasteiger charge is 2.26. The summed E-state index contributed by atoms with van der Waals surface area (Å²) in [6.45, 7) is 9.10. The third kappa shape index (κ3) is 1.49. The number of para-hydroxylation sites is 1. The van der Waals surface area contributed by atoms with Crippen LogP contribution in [0.25, 0.3) is 21.8 Å². The molecule has 2 heteroatoms. The summed E-state index contributed by atoms with van der Waals surface area (Å²) in [7, 11) is 4.37. The highest BCUT2D eigenvalue weighted by molar-refractivity contribution is 6.11. The molecule has 0 saturated carbocycles. The lowest BCUT2D eigenvalue weighted by Crippen LogP contribution is -2.17. The second-order valence-corrected chi connectivity index (χ2v) is 6.54. The van der Waals surface area contributed by atoms with Gasteiger partial charge in [0, 0.05) is 47.2 Å². The second kappa shape index (κ2) is 3.66. The van der Waals surface area contributed by atoms with Crippen LogP contribution >= 0.6 is 0 Å². The van der Waals surface area contributed by atoms with E-state index in [-0.39, 0.29) is 5.41 Å². The molecule has 1 aromatic carbocycles. The highest BCUT2D eigenvalue weighted by atomic mass is 15.0. The standard InChI is InChI=1S/C17H22N2/c1-11-14-12-9-7-8-10-13(12)19(6)15(14)16(18(11)5)17(2,3)4/h7-10H,1-6H3. The minimum absolute atomic E-state index is 0.142. The quantitative estimate of drug-likeness (QED) is 0.567. The number of aromatic nitrogens is 2. The number of hydrogen-bond acceptors (Lipinski definition) is 0. The summed E-state index contributed by atoms with van der Waals surface area (Å²) in [5.41, 5.74) is 5.62. The predicted octanol–water partition coefficient (Wildman–Crippen LogP) is 4.28. The van der Waals surface area contributed by atoms with Crippen LogP contribution in [0.2, 0.25) is 0 Å². The fourth-order valence-corrected chi connectivity index (χ4v) is 3.39. The van der Waals surface area contributed by atoms with Crippen LogP contribution in [-0.2, 0) is 19.5 Å². The van der Waals surface area contributed by atoms with Crippen molar-refractivity contribution >= 4 is 21.8 Å². The van der Waals surface area contributed by atoms with Crippen LogP contribution in [0, 0.1) is 6.92 Å². The molecule has 100 valence electrons. The van der Waals surface area contributed by atoms with Gasteiger partial charge in [0.25, 0.3) is 0 Å². The van der Waals surface area contributed by atoms with E-state index in [1.165, 1.54) is 33.2 Å². The molecule has 0 bridgehead atoms. The van der Waals surface area contributed by atoms with Crippen molar-refractivity contribution in [1.29, 1.82) is 0 Å². The zero-order valence-electron chi connectivity index (χ0n) is 12.7. The topological polar surface area (TPSA) is 9.86 Å². The summed E-state index contributed by atoms with van der Waals surface area (Å²) in [6, 6.07) is 8.69. The molecular formula is C17H22N2. The molecule has 2 aromatic heterocycles. The van der Waals surface area contributed by atoms with E-state index in [9.17, 15) is 0 Å². The summed E-state index contributed by atoms with van der Waals surface area (Å²) in [4.78, 5) is 0. The lowest BCUT2D eigenvalue weighted by molar-refractivity contribution is 0.542. The van der Waals surface area contributed by atoms with Gasteiger partial charge in [0.1, 0.15) is 0 Å². The Kier molecular flexibility index (Phi) is 2.38. The lowest BCUT2D eigenvalue weighted by atomic mass is 9.91. The summed E-state index contributed by atoms with van der Waals surface area (Å²) in [5.74, 6) is 0. The molecule has 0 fully saturated rings. The Labute approximate surface area is 114 Å². The largest absolute Gasteiger partial charge is 0.349 e. The predicted molar refractivity (Wildman–Crippen MR) is 82.8 cm³/mol. The van der Waals surface area contributed by atoms with E-state index in [0.717, 1.165) is 0 Å². The molecule has 0 aliphatic carbocycles. The molecular weight excluding hydrogens is 232 g/mol. The summed E-state index contributed by atoms with van der Waals surface area (Å²) in [6.07, 6.45) is 0. The first-order chi connectivity index (χ1) is 8.84. The van der Waals surface area contributed by atoms with Crippen molar-refractivity contribution in [2.45, 2.75) is 33.1 Å². The van der Waals surface area contributed by atoms with E-state index in [1.54, 1.807) is 0 Å². The average molecular weight is 254 g/mol. The molecule has 19 heavy (non-hydrogen) atoms. The Bertz CT molecular complexity index is 779. The molecule has 3 aromatic rings. The molecule has 0 amide bonds. The van der Waals surface area contributed by atoms with Gasteiger partial charge in [-0.1, -0.05) is 39.0 Å². The first kappa shape index (κ1) is 12.3. The van der Waals surface area contributed by atoms with Gasteiger partial charge in [0.15, 0.2) is 0 Å². The molecule has 3 rings (SSSR count). The van der Waals surface area contributed by atoms with E-state index in [2.05, 4.69) is 75.2 Å². The van der Waals surface area contributed by atoms with E-state index >= 15 is 0 Å². The van der Waals surface area contributed by atoms with Crippen LogP contribution < -0.4 is 0 Å². The third-order valence-electron chi connectivity index (χ3n) is 4.24. The Morgan fingerprint density at radius 1 is 0.947 bits per heavy atom. The minimum atomic E-state index is 0.142. The number of fused-ring (bicyclic) bond motifs is 3. The van der Waals surface area contributed by atoms with Crippen molar-refractivity contribution in [2.24, 2.45) is 14.1 Å². The van der Waals surface area contributed by atoms with E-state index in [0.29, 0.717) is 0 Å². The maximum atomic E-state index is 2.36. The van der Waals surface area contributed by atoms with Gasteiger partial charge in [-0.15, -0.1) is 0 Å². The van der Waals surface area contributed by atoms with Crippen LogP contribution in [0.15, 0.2) is 24.3 Å². The fourth-order valence-electron chi connectivity index (χ4n) is 3.39. The van der Waals surface area contributed by atoms with Gasteiger partial charge in [-0.3, -0.25) is 0 Å². The van der Waals surface area contributed by atoms with Gasteiger partial charge in [0.05, 0.1) is 5.52 Å². The Balaban J connectivity index is 2.63. The molecule has 0 radical (unpaired) electrons. The molecule has 2 nitrogen and oxygen atoms in total. The summed E-state index contributed by atoms with van der Waals surface area (Å²) >= 11 is 0. The van der Waals surface area contributed by atoms with Crippen LogP contribution in [0.4, 0.5) is 0 Å². The van der Waals surface area contributed by atoms with Crippen LogP contribution in [0.5, 0.6) is 0 Å². The molecule has 0 aliphatic heterocycles. The van der Waals surface area contributed by atoms with Gasteiger partial charge in [-0.2, -0.15) is 0 Å². The van der Waals surface area contributed by atoms with Crippen LogP contribution in [-0.4, -0.2) is 9.13 Å². The molecule has 0 unspecified atom stereocenters. The van der Waals surface area contributed by atoms with Crippen LogP contribution in [0.3, 0.4) is 0 Å². The Hall–Kier alpha value is -1.70. The van der Waals surface area contributed by atoms with Crippen molar-refractivity contribution in [3.63, 3.8) is 0 Å². The highest BCUT2D eigenvalue weighted by Crippen LogP contribution is 2.39. The molecule has 0 saturated heterocycles. The zero-order valence-corrected chi connectivity index (χ0v) is 12.7. The number of aryl methyl sites for hydroxylation is 2. The zero-order chi connectivity index (χ0) is 13.9.